The van der Waals surface area contributed by atoms with Crippen molar-refractivity contribution in [1.29, 1.82) is 0 Å². The third kappa shape index (κ3) is 4.45. The number of phenolic OH excluding ortho intramolecular Hbond substituents is 1. The van der Waals surface area contributed by atoms with Gasteiger partial charge >= 0.3 is 0 Å². The number of aromatic nitrogens is 4. The Labute approximate surface area is 216 Å². The Bertz CT molecular complexity index is 1460. The van der Waals surface area contributed by atoms with Gasteiger partial charge in [-0.1, -0.05) is 25.1 Å². The highest BCUT2D eigenvalue weighted by atomic mass is 19.1. The van der Waals surface area contributed by atoms with Crippen molar-refractivity contribution in [2.75, 3.05) is 33.2 Å². The molecule has 1 saturated heterocycles. The van der Waals surface area contributed by atoms with Gasteiger partial charge < -0.3 is 15.0 Å². The summed E-state index contributed by atoms with van der Waals surface area (Å²) in [6.07, 6.45) is 8.34. The maximum absolute atomic E-state index is 15.6. The fraction of sp³-hybridized carbons (Fsp3) is 0.379. The summed E-state index contributed by atoms with van der Waals surface area (Å²) in [5.74, 6) is 0.456. The number of hydrogen-bond donors (Lipinski definition) is 3. The molecule has 2 aromatic carbocycles. The fourth-order valence-corrected chi connectivity index (χ4v) is 5.82. The number of H-pyrrole nitrogens is 2. The van der Waals surface area contributed by atoms with Crippen LogP contribution >= 0.6 is 0 Å². The van der Waals surface area contributed by atoms with Crippen LogP contribution in [0.4, 0.5) is 4.39 Å². The molecule has 0 amide bonds. The lowest BCUT2D eigenvalue weighted by molar-refractivity contribution is 0.132. The molecule has 2 aliphatic heterocycles. The zero-order valence-corrected chi connectivity index (χ0v) is 21.4. The summed E-state index contributed by atoms with van der Waals surface area (Å²) in [4.78, 5) is 13.1. The SMILES string of the molecule is CCc1cc(O)ccc1-c1ccc2c(-c3ncc(C4=CCCN(C5CCN(C)CC5)C4)[nH]3)[nH]nc2c1F. The second-order valence-corrected chi connectivity index (χ2v) is 10.3. The molecule has 4 heterocycles. The van der Waals surface area contributed by atoms with E-state index in [1.54, 1.807) is 24.3 Å². The van der Waals surface area contributed by atoms with Gasteiger partial charge in [-0.2, -0.15) is 5.10 Å². The van der Waals surface area contributed by atoms with Crippen LogP contribution in [-0.4, -0.2) is 74.3 Å². The molecular weight excluding hydrogens is 467 g/mol. The minimum Gasteiger partial charge on any atom is -0.508 e. The topological polar surface area (TPSA) is 84.1 Å². The van der Waals surface area contributed by atoms with E-state index in [-0.39, 0.29) is 17.1 Å². The van der Waals surface area contributed by atoms with Gasteiger partial charge in [0.25, 0.3) is 0 Å². The van der Waals surface area contributed by atoms with Gasteiger partial charge in [-0.05, 0) is 80.7 Å². The second kappa shape index (κ2) is 9.76. The maximum Gasteiger partial charge on any atom is 0.159 e. The maximum atomic E-state index is 15.6. The van der Waals surface area contributed by atoms with E-state index in [1.807, 2.05) is 19.2 Å². The molecule has 2 aliphatic rings. The lowest BCUT2D eigenvalue weighted by atomic mass is 9.96. The first-order chi connectivity index (χ1) is 18.0. The Morgan fingerprint density at radius 2 is 1.92 bits per heavy atom. The predicted octanol–water partition coefficient (Wildman–Crippen LogP) is 5.21. The number of imidazole rings is 1. The monoisotopic (exact) mass is 500 g/mol. The zero-order valence-electron chi connectivity index (χ0n) is 21.4. The van der Waals surface area contributed by atoms with Crippen molar-refractivity contribution in [3.63, 3.8) is 0 Å². The van der Waals surface area contributed by atoms with E-state index in [0.717, 1.165) is 49.4 Å². The summed E-state index contributed by atoms with van der Waals surface area (Å²) in [6.45, 7) is 6.33. The number of nitrogens with zero attached hydrogens (tertiary/aromatic N) is 4. The highest BCUT2D eigenvalue weighted by Crippen LogP contribution is 2.35. The summed E-state index contributed by atoms with van der Waals surface area (Å²) in [5.41, 5.74) is 5.36. The number of benzene rings is 2. The van der Waals surface area contributed by atoms with E-state index in [1.165, 1.54) is 18.4 Å². The molecule has 0 atom stereocenters. The van der Waals surface area contributed by atoms with Crippen LogP contribution in [0.25, 0.3) is 39.1 Å². The van der Waals surface area contributed by atoms with Gasteiger partial charge in [0.2, 0.25) is 0 Å². The Balaban J connectivity index is 1.27. The molecule has 4 aromatic rings. The van der Waals surface area contributed by atoms with Crippen molar-refractivity contribution < 1.29 is 9.50 Å². The quantitative estimate of drug-likeness (QED) is 0.350. The van der Waals surface area contributed by atoms with E-state index in [2.05, 4.69) is 43.1 Å². The fourth-order valence-electron chi connectivity index (χ4n) is 5.82. The molecule has 7 nitrogen and oxygen atoms in total. The summed E-state index contributed by atoms with van der Waals surface area (Å²) >= 11 is 0. The summed E-state index contributed by atoms with van der Waals surface area (Å²) < 4.78 is 15.6. The van der Waals surface area contributed by atoms with Crippen molar-refractivity contribution in [2.24, 2.45) is 0 Å². The third-order valence-electron chi connectivity index (χ3n) is 7.97. The number of halogens is 1. The number of phenols is 1. The Morgan fingerprint density at radius 1 is 1.11 bits per heavy atom. The molecule has 0 saturated carbocycles. The van der Waals surface area contributed by atoms with Gasteiger partial charge in [-0.15, -0.1) is 0 Å². The first kappa shape index (κ1) is 23.9. The molecule has 0 radical (unpaired) electrons. The number of likely N-dealkylation sites (tertiary alicyclic amines) is 1. The molecule has 8 heteroatoms. The Kier molecular flexibility index (Phi) is 6.30. The highest BCUT2D eigenvalue weighted by Gasteiger charge is 2.26. The lowest BCUT2D eigenvalue weighted by Gasteiger charge is -2.39. The van der Waals surface area contributed by atoms with E-state index in [4.69, 9.17) is 0 Å². The van der Waals surface area contributed by atoms with Crippen molar-refractivity contribution in [2.45, 2.75) is 38.6 Å². The standard InChI is InChI=1S/C29H33FN6O/c1-3-18-15-21(37)6-7-22(18)23-8-9-24-27(26(23)30)33-34-28(24)29-31-16-25(32-29)19-5-4-12-36(17-19)20-10-13-35(2)14-11-20/h5-9,15-16,20,37H,3-4,10-14,17H2,1-2H3,(H,31,32)(H,33,34). The van der Waals surface area contributed by atoms with E-state index < -0.39 is 0 Å². The predicted molar refractivity (Wildman–Crippen MR) is 145 cm³/mol. The minimum atomic E-state index is -0.379. The van der Waals surface area contributed by atoms with Crippen molar-refractivity contribution in [1.82, 2.24) is 30.0 Å². The first-order valence-corrected chi connectivity index (χ1v) is 13.2. The molecule has 192 valence electrons. The largest absolute Gasteiger partial charge is 0.508 e. The van der Waals surface area contributed by atoms with Crippen LogP contribution < -0.4 is 0 Å². The normalized spacial score (nSPS) is 18.0. The molecule has 6 rings (SSSR count). The van der Waals surface area contributed by atoms with Gasteiger partial charge in [-0.3, -0.25) is 10.00 Å². The highest BCUT2D eigenvalue weighted by molar-refractivity contribution is 5.95. The average molecular weight is 501 g/mol. The molecule has 3 N–H and O–H groups in total. The molecular formula is C29H33FN6O. The molecule has 0 unspecified atom stereocenters. The van der Waals surface area contributed by atoms with Crippen molar-refractivity contribution in [3.05, 3.63) is 59.7 Å². The van der Waals surface area contributed by atoms with Gasteiger partial charge in [0.05, 0.1) is 11.9 Å². The minimum absolute atomic E-state index is 0.181. The van der Waals surface area contributed by atoms with Crippen LogP contribution in [0.3, 0.4) is 0 Å². The zero-order chi connectivity index (χ0) is 25.5. The van der Waals surface area contributed by atoms with Crippen LogP contribution in [0.2, 0.25) is 0 Å². The summed E-state index contributed by atoms with van der Waals surface area (Å²) in [5, 5.41) is 17.9. The first-order valence-electron chi connectivity index (χ1n) is 13.2. The number of aromatic amines is 2. The van der Waals surface area contributed by atoms with Crippen molar-refractivity contribution >= 4 is 16.5 Å². The summed E-state index contributed by atoms with van der Waals surface area (Å²) in [7, 11) is 2.20. The Morgan fingerprint density at radius 3 is 2.73 bits per heavy atom. The number of fused-ring (bicyclic) bond motifs is 1. The van der Waals surface area contributed by atoms with Gasteiger partial charge in [0.1, 0.15) is 17.0 Å². The van der Waals surface area contributed by atoms with Gasteiger partial charge in [0, 0.05) is 30.1 Å². The summed E-state index contributed by atoms with van der Waals surface area (Å²) in [6, 6.07) is 9.35. The average Bonchev–Trinajstić information content (AvgIpc) is 3.58. The molecule has 0 bridgehead atoms. The molecule has 1 fully saturated rings. The second-order valence-electron chi connectivity index (χ2n) is 10.3. The van der Waals surface area contributed by atoms with Crippen LogP contribution in [0.1, 0.15) is 37.4 Å². The number of hydrogen-bond acceptors (Lipinski definition) is 5. The van der Waals surface area contributed by atoms with Crippen molar-refractivity contribution in [3.8, 4) is 28.4 Å². The number of piperidine rings is 1. The van der Waals surface area contributed by atoms with Crippen LogP contribution in [0.15, 0.2) is 42.6 Å². The van der Waals surface area contributed by atoms with Crippen LogP contribution in [-0.2, 0) is 6.42 Å². The lowest BCUT2D eigenvalue weighted by Crippen LogP contribution is -2.45. The van der Waals surface area contributed by atoms with Crippen LogP contribution in [0, 0.1) is 5.82 Å². The molecule has 0 spiro atoms. The third-order valence-corrected chi connectivity index (χ3v) is 7.97. The van der Waals surface area contributed by atoms with E-state index in [0.29, 0.717) is 34.9 Å². The molecule has 0 aliphatic carbocycles. The molecule has 37 heavy (non-hydrogen) atoms. The van der Waals surface area contributed by atoms with Gasteiger partial charge in [0.15, 0.2) is 11.6 Å². The van der Waals surface area contributed by atoms with Crippen LogP contribution in [0.5, 0.6) is 5.75 Å². The number of aryl methyl sites for hydroxylation is 1. The smallest absolute Gasteiger partial charge is 0.159 e. The number of rotatable bonds is 5. The van der Waals surface area contributed by atoms with E-state index in [9.17, 15) is 5.11 Å². The van der Waals surface area contributed by atoms with E-state index >= 15 is 4.39 Å². The number of aromatic hydroxyl groups is 1. The molecule has 2 aromatic heterocycles. The number of nitrogens with one attached hydrogen (secondary N) is 2. The Hall–Kier alpha value is -3.49. The van der Waals surface area contributed by atoms with Gasteiger partial charge in [-0.25, -0.2) is 9.37 Å².